The lowest BCUT2D eigenvalue weighted by Gasteiger charge is -2.22. The second-order valence-electron chi connectivity index (χ2n) is 6.84. The van der Waals surface area contributed by atoms with Gasteiger partial charge in [-0.3, -0.25) is 9.59 Å². The third-order valence-electron chi connectivity index (χ3n) is 4.77. The van der Waals surface area contributed by atoms with Crippen LogP contribution in [0.5, 0.6) is 5.75 Å². The first-order valence-electron chi connectivity index (χ1n) is 8.98. The maximum atomic E-state index is 12.6. The van der Waals surface area contributed by atoms with Crippen LogP contribution in [0.2, 0.25) is 0 Å². The van der Waals surface area contributed by atoms with Gasteiger partial charge in [0.15, 0.2) is 0 Å². The summed E-state index contributed by atoms with van der Waals surface area (Å²) in [5, 5.41) is 3.00. The van der Waals surface area contributed by atoms with Crippen molar-refractivity contribution in [3.05, 3.63) is 29.8 Å². The van der Waals surface area contributed by atoms with Gasteiger partial charge < -0.3 is 15.0 Å². The van der Waals surface area contributed by atoms with Crippen molar-refractivity contribution >= 4 is 11.8 Å². The Labute approximate surface area is 143 Å². The zero-order valence-corrected chi connectivity index (χ0v) is 14.3. The lowest BCUT2D eigenvalue weighted by molar-refractivity contribution is -0.127. The topological polar surface area (TPSA) is 58.6 Å². The number of nitrogens with zero attached hydrogens (tertiary/aromatic N) is 1. The molecule has 3 rings (SSSR count). The van der Waals surface area contributed by atoms with E-state index >= 15 is 0 Å². The summed E-state index contributed by atoms with van der Waals surface area (Å²) < 4.78 is 6.03. The fourth-order valence-electron chi connectivity index (χ4n) is 3.52. The molecule has 1 saturated heterocycles. The quantitative estimate of drug-likeness (QED) is 0.872. The number of likely N-dealkylation sites (tertiary alicyclic amines) is 1. The Morgan fingerprint density at radius 1 is 1.29 bits per heavy atom. The first-order chi connectivity index (χ1) is 11.6. The van der Waals surface area contributed by atoms with Gasteiger partial charge in [0.1, 0.15) is 5.75 Å². The first-order valence-corrected chi connectivity index (χ1v) is 8.98. The lowest BCUT2D eigenvalue weighted by Crippen LogP contribution is -2.42. The van der Waals surface area contributed by atoms with E-state index in [-0.39, 0.29) is 24.0 Å². The van der Waals surface area contributed by atoms with Crippen LogP contribution < -0.4 is 10.1 Å². The number of carbonyl (C=O) groups excluding carboxylic acids is 2. The van der Waals surface area contributed by atoms with Gasteiger partial charge in [-0.1, -0.05) is 12.1 Å². The molecule has 24 heavy (non-hydrogen) atoms. The molecule has 0 radical (unpaired) electrons. The molecule has 1 N–H and O–H groups in total. The minimum Gasteiger partial charge on any atom is -0.490 e. The lowest BCUT2D eigenvalue weighted by atomic mass is 10.1. The highest BCUT2D eigenvalue weighted by molar-refractivity contribution is 5.97. The summed E-state index contributed by atoms with van der Waals surface area (Å²) >= 11 is 0. The van der Waals surface area contributed by atoms with Crippen LogP contribution in [0.25, 0.3) is 0 Å². The normalized spacial score (nSPS) is 19.5. The molecule has 1 aromatic rings. The predicted octanol–water partition coefficient (Wildman–Crippen LogP) is 2.75. The van der Waals surface area contributed by atoms with Crippen LogP contribution in [0.1, 0.15) is 55.8 Å². The van der Waals surface area contributed by atoms with Gasteiger partial charge in [-0.2, -0.15) is 0 Å². The number of hydrogen-bond donors (Lipinski definition) is 1. The maximum absolute atomic E-state index is 12.6. The summed E-state index contributed by atoms with van der Waals surface area (Å²) in [5.41, 5.74) is 0.573. The number of ether oxygens (including phenoxy) is 1. The molecule has 1 unspecified atom stereocenters. The Bertz CT molecular complexity index is 596. The molecule has 1 saturated carbocycles. The van der Waals surface area contributed by atoms with Crippen molar-refractivity contribution in [3.63, 3.8) is 0 Å². The number of hydrogen-bond acceptors (Lipinski definition) is 3. The molecule has 0 aromatic heterocycles. The largest absolute Gasteiger partial charge is 0.490 e. The van der Waals surface area contributed by atoms with E-state index in [0.29, 0.717) is 24.3 Å². The van der Waals surface area contributed by atoms with E-state index in [0.717, 1.165) is 25.8 Å². The minimum atomic E-state index is -0.136. The Balaban J connectivity index is 1.60. The maximum Gasteiger partial charge on any atom is 0.255 e. The summed E-state index contributed by atoms with van der Waals surface area (Å²) in [7, 11) is 0. The van der Waals surface area contributed by atoms with Crippen LogP contribution in [0, 0.1) is 0 Å². The van der Waals surface area contributed by atoms with Crippen LogP contribution in [-0.4, -0.2) is 41.9 Å². The van der Waals surface area contributed by atoms with Gasteiger partial charge in [0, 0.05) is 25.6 Å². The first kappa shape index (κ1) is 16.8. The molecule has 130 valence electrons. The molecule has 1 atom stereocenters. The molecular formula is C19H26N2O3. The van der Waals surface area contributed by atoms with Crippen LogP contribution in [-0.2, 0) is 4.79 Å². The third kappa shape index (κ3) is 4.08. The highest BCUT2D eigenvalue weighted by Gasteiger charge is 2.24. The summed E-state index contributed by atoms with van der Waals surface area (Å²) in [6, 6.07) is 7.33. The average molecular weight is 330 g/mol. The van der Waals surface area contributed by atoms with Crippen molar-refractivity contribution in [2.24, 2.45) is 0 Å². The fraction of sp³-hybridized carbons (Fsp3) is 0.579. The summed E-state index contributed by atoms with van der Waals surface area (Å²) in [4.78, 5) is 26.1. The molecule has 2 amide bonds. The van der Waals surface area contributed by atoms with Crippen molar-refractivity contribution in [2.75, 3.05) is 13.1 Å². The van der Waals surface area contributed by atoms with E-state index < -0.39 is 0 Å². The van der Waals surface area contributed by atoms with Crippen LogP contribution in [0.15, 0.2) is 24.3 Å². The van der Waals surface area contributed by atoms with Crippen molar-refractivity contribution in [1.29, 1.82) is 0 Å². The van der Waals surface area contributed by atoms with E-state index in [4.69, 9.17) is 4.74 Å². The van der Waals surface area contributed by atoms with Gasteiger partial charge in [-0.25, -0.2) is 0 Å². The minimum absolute atomic E-state index is 0.0842. The molecule has 2 fully saturated rings. The zero-order valence-electron chi connectivity index (χ0n) is 14.3. The molecule has 1 heterocycles. The predicted molar refractivity (Wildman–Crippen MR) is 92.1 cm³/mol. The Morgan fingerprint density at radius 2 is 2.04 bits per heavy atom. The van der Waals surface area contributed by atoms with E-state index in [2.05, 4.69) is 5.32 Å². The van der Waals surface area contributed by atoms with Crippen molar-refractivity contribution in [1.82, 2.24) is 10.2 Å². The average Bonchev–Trinajstić information content (AvgIpc) is 3.20. The Kier molecular flexibility index (Phi) is 5.38. The zero-order chi connectivity index (χ0) is 16.9. The molecule has 5 heteroatoms. The molecule has 1 aliphatic carbocycles. The van der Waals surface area contributed by atoms with Crippen molar-refractivity contribution in [3.8, 4) is 5.75 Å². The van der Waals surface area contributed by atoms with Gasteiger partial charge in [-0.05, 0) is 51.2 Å². The van der Waals surface area contributed by atoms with E-state index in [9.17, 15) is 9.59 Å². The van der Waals surface area contributed by atoms with E-state index in [1.165, 1.54) is 12.8 Å². The summed E-state index contributed by atoms with van der Waals surface area (Å²) in [6.07, 6.45) is 6.27. The molecule has 0 spiro atoms. The number of amides is 2. The molecule has 1 aromatic carbocycles. The number of carbonyl (C=O) groups is 2. The number of benzene rings is 1. The summed E-state index contributed by atoms with van der Waals surface area (Å²) in [5.74, 6) is 0.704. The second-order valence-corrected chi connectivity index (χ2v) is 6.84. The SMILES string of the molecule is CC(CN1CCCC1=O)NC(=O)c1ccccc1OC1CCCC1. The number of nitrogens with one attached hydrogen (secondary N) is 1. The van der Waals surface area contributed by atoms with Crippen LogP contribution in [0.4, 0.5) is 0 Å². The Hall–Kier alpha value is -2.04. The van der Waals surface area contributed by atoms with Crippen molar-refractivity contribution < 1.29 is 14.3 Å². The highest BCUT2D eigenvalue weighted by atomic mass is 16.5. The second kappa shape index (κ2) is 7.69. The smallest absolute Gasteiger partial charge is 0.255 e. The molecule has 1 aliphatic heterocycles. The number of rotatable bonds is 6. The van der Waals surface area contributed by atoms with E-state index in [1.807, 2.05) is 30.0 Å². The number of para-hydroxylation sites is 1. The molecule has 2 aliphatic rings. The fourth-order valence-corrected chi connectivity index (χ4v) is 3.52. The monoisotopic (exact) mass is 330 g/mol. The molecule has 0 bridgehead atoms. The van der Waals surface area contributed by atoms with Crippen LogP contribution in [0.3, 0.4) is 0 Å². The Morgan fingerprint density at radius 3 is 2.75 bits per heavy atom. The van der Waals surface area contributed by atoms with Gasteiger partial charge in [0.2, 0.25) is 5.91 Å². The van der Waals surface area contributed by atoms with E-state index in [1.54, 1.807) is 6.07 Å². The standard InChI is InChI=1S/C19H26N2O3/c1-14(13-21-12-6-11-18(21)22)20-19(23)16-9-4-5-10-17(16)24-15-7-2-3-8-15/h4-5,9-10,14-15H,2-3,6-8,11-13H2,1H3,(H,20,23). The van der Waals surface area contributed by atoms with Crippen LogP contribution >= 0.6 is 0 Å². The van der Waals surface area contributed by atoms with Crippen molar-refractivity contribution in [2.45, 2.75) is 57.6 Å². The molecular weight excluding hydrogens is 304 g/mol. The van der Waals surface area contributed by atoms with Gasteiger partial charge in [0.05, 0.1) is 11.7 Å². The third-order valence-corrected chi connectivity index (χ3v) is 4.77. The van der Waals surface area contributed by atoms with Gasteiger partial charge >= 0.3 is 0 Å². The summed E-state index contributed by atoms with van der Waals surface area (Å²) in [6.45, 7) is 3.29. The molecule has 5 nitrogen and oxygen atoms in total. The highest BCUT2D eigenvalue weighted by Crippen LogP contribution is 2.26. The van der Waals surface area contributed by atoms with Gasteiger partial charge in [0.25, 0.3) is 5.91 Å². The van der Waals surface area contributed by atoms with Gasteiger partial charge in [-0.15, -0.1) is 0 Å².